The maximum Gasteiger partial charge on any atom is 0.276 e. The van der Waals surface area contributed by atoms with Crippen LogP contribution in [0.5, 0.6) is 0 Å². The molecule has 0 saturated heterocycles. The molecule has 1 aliphatic heterocycles. The quantitative estimate of drug-likeness (QED) is 0.314. The van der Waals surface area contributed by atoms with Crippen LogP contribution in [0.25, 0.3) is 6.08 Å². The molecular weight excluding hydrogens is 450 g/mol. The third kappa shape index (κ3) is 4.13. The van der Waals surface area contributed by atoms with Crippen LogP contribution in [0.1, 0.15) is 46.8 Å². The third-order valence-corrected chi connectivity index (χ3v) is 6.71. The molecule has 6 nitrogen and oxygen atoms in total. The van der Waals surface area contributed by atoms with Gasteiger partial charge < -0.3 is 0 Å². The number of hydrogen-bond donors (Lipinski definition) is 0. The first kappa shape index (κ1) is 22.0. The molecule has 1 fully saturated rings. The van der Waals surface area contributed by atoms with Gasteiger partial charge in [-0.05, 0) is 48.1 Å². The lowest BCUT2D eigenvalue weighted by molar-refractivity contribution is -0.384. The maximum absolute atomic E-state index is 13.7. The zero-order chi connectivity index (χ0) is 23.7. The summed E-state index contributed by atoms with van der Waals surface area (Å²) in [6, 6.07) is 23.5. The second-order valence-corrected chi connectivity index (χ2v) is 8.90. The Morgan fingerprint density at radius 1 is 1.06 bits per heavy atom. The average molecular weight is 472 g/mol. The van der Waals surface area contributed by atoms with Crippen molar-refractivity contribution in [2.75, 3.05) is 0 Å². The summed E-state index contributed by atoms with van der Waals surface area (Å²) in [5.41, 5.74) is 3.97. The van der Waals surface area contributed by atoms with E-state index in [0.717, 1.165) is 41.7 Å². The molecule has 1 aliphatic carbocycles. The van der Waals surface area contributed by atoms with Crippen LogP contribution in [0, 0.1) is 16.0 Å². The highest BCUT2D eigenvalue weighted by molar-refractivity contribution is 6.34. The van der Waals surface area contributed by atoms with E-state index in [2.05, 4.69) is 6.08 Å². The molecule has 0 bridgehead atoms. The van der Waals surface area contributed by atoms with Crippen molar-refractivity contribution in [1.82, 2.24) is 5.01 Å². The number of carbonyl (C=O) groups excluding carboxylic acids is 1. The molecule has 34 heavy (non-hydrogen) atoms. The standard InChI is InChI=1S/C27H22ClN3O3/c28-24-15-14-21(31(33)34)17-23(24)27(32)30-26(19-10-5-2-6-11-19)22-13-7-12-20(25(22)29-30)16-18-8-3-1-4-9-18/h1-6,8-11,14-17,22,26H,7,12-13H2/b20-16+/t22-,26-/m0/s1. The molecule has 7 heteroatoms. The van der Waals surface area contributed by atoms with Gasteiger partial charge in [0.25, 0.3) is 11.6 Å². The fourth-order valence-electron chi connectivity index (χ4n) is 4.82. The number of nitro groups is 1. The van der Waals surface area contributed by atoms with Crippen molar-refractivity contribution in [1.29, 1.82) is 0 Å². The molecule has 0 aromatic heterocycles. The topological polar surface area (TPSA) is 75.8 Å². The minimum atomic E-state index is -0.530. The van der Waals surface area contributed by atoms with Crippen LogP contribution in [0.2, 0.25) is 5.02 Å². The number of rotatable bonds is 4. The number of halogens is 1. The average Bonchev–Trinajstić information content (AvgIpc) is 3.26. The number of amides is 1. The summed E-state index contributed by atoms with van der Waals surface area (Å²) >= 11 is 6.33. The second-order valence-electron chi connectivity index (χ2n) is 8.49. The van der Waals surface area contributed by atoms with Gasteiger partial charge in [0.1, 0.15) is 0 Å². The zero-order valence-corrected chi connectivity index (χ0v) is 19.1. The molecule has 2 aliphatic rings. The smallest absolute Gasteiger partial charge is 0.267 e. The van der Waals surface area contributed by atoms with Gasteiger partial charge >= 0.3 is 0 Å². The Balaban J connectivity index is 1.60. The molecule has 0 spiro atoms. The Labute approximate surface area is 202 Å². The highest BCUT2D eigenvalue weighted by Crippen LogP contribution is 2.45. The maximum atomic E-state index is 13.7. The van der Waals surface area contributed by atoms with Crippen molar-refractivity contribution in [2.45, 2.75) is 25.3 Å². The molecule has 170 valence electrons. The van der Waals surface area contributed by atoms with E-state index >= 15 is 0 Å². The van der Waals surface area contributed by atoms with E-state index in [1.807, 2.05) is 60.7 Å². The molecule has 2 atom stereocenters. The van der Waals surface area contributed by atoms with Gasteiger partial charge in [-0.25, -0.2) is 5.01 Å². The number of benzene rings is 3. The number of nitrogens with zero attached hydrogens (tertiary/aromatic N) is 3. The Bertz CT molecular complexity index is 1310. The molecular formula is C27H22ClN3O3. The molecule has 1 saturated carbocycles. The second kappa shape index (κ2) is 9.23. The number of fused-ring (bicyclic) bond motifs is 1. The third-order valence-electron chi connectivity index (χ3n) is 6.38. The normalized spacial score (nSPS) is 20.7. The molecule has 0 unspecified atom stereocenters. The highest BCUT2D eigenvalue weighted by atomic mass is 35.5. The number of non-ortho nitro benzene ring substituents is 1. The minimum absolute atomic E-state index is 0.0348. The van der Waals surface area contributed by atoms with Crippen LogP contribution in [0.15, 0.2) is 89.5 Å². The fraction of sp³-hybridized carbons (Fsp3) is 0.185. The molecule has 3 aromatic carbocycles. The van der Waals surface area contributed by atoms with Gasteiger partial charge in [-0.15, -0.1) is 0 Å². The van der Waals surface area contributed by atoms with E-state index in [-0.39, 0.29) is 28.2 Å². The van der Waals surface area contributed by atoms with E-state index < -0.39 is 10.8 Å². The first-order valence-electron chi connectivity index (χ1n) is 11.2. The van der Waals surface area contributed by atoms with Crippen molar-refractivity contribution >= 4 is 35.0 Å². The van der Waals surface area contributed by atoms with Crippen LogP contribution >= 0.6 is 11.6 Å². The SMILES string of the molecule is O=C(c1cc([N+](=O)[O-])ccc1Cl)N1N=C2/C(=C/c3ccccc3)CCC[C@@H]2[C@@H]1c1ccccc1. The van der Waals surface area contributed by atoms with Gasteiger partial charge in [-0.1, -0.05) is 72.3 Å². The lowest BCUT2D eigenvalue weighted by atomic mass is 9.77. The number of allylic oxidation sites excluding steroid dienone is 1. The monoisotopic (exact) mass is 471 g/mol. The molecule has 3 aromatic rings. The van der Waals surface area contributed by atoms with Gasteiger partial charge in [0.05, 0.1) is 27.3 Å². The Morgan fingerprint density at radius 3 is 2.47 bits per heavy atom. The van der Waals surface area contributed by atoms with Crippen molar-refractivity contribution in [3.63, 3.8) is 0 Å². The van der Waals surface area contributed by atoms with Crippen molar-refractivity contribution < 1.29 is 9.72 Å². The zero-order valence-electron chi connectivity index (χ0n) is 18.3. The van der Waals surface area contributed by atoms with E-state index in [4.69, 9.17) is 16.7 Å². The van der Waals surface area contributed by atoms with Crippen LogP contribution in [-0.4, -0.2) is 21.6 Å². The summed E-state index contributed by atoms with van der Waals surface area (Å²) in [5, 5.41) is 17.8. The van der Waals surface area contributed by atoms with E-state index in [9.17, 15) is 14.9 Å². The van der Waals surface area contributed by atoms with Crippen molar-refractivity contribution in [3.05, 3.63) is 116 Å². The number of hydrazone groups is 1. The Kier molecular flexibility index (Phi) is 5.99. The molecule has 1 heterocycles. The van der Waals surface area contributed by atoms with Crippen molar-refractivity contribution in [2.24, 2.45) is 11.0 Å². The fourth-order valence-corrected chi connectivity index (χ4v) is 5.01. The predicted octanol–water partition coefficient (Wildman–Crippen LogP) is 6.69. The lowest BCUT2D eigenvalue weighted by Gasteiger charge is -2.29. The minimum Gasteiger partial charge on any atom is -0.267 e. The van der Waals surface area contributed by atoms with Gasteiger partial charge in [0, 0.05) is 18.1 Å². The van der Waals surface area contributed by atoms with E-state index in [1.54, 1.807) is 0 Å². The van der Waals surface area contributed by atoms with Crippen LogP contribution in [0.3, 0.4) is 0 Å². The number of hydrogen-bond acceptors (Lipinski definition) is 4. The Morgan fingerprint density at radius 2 is 1.76 bits per heavy atom. The van der Waals surface area contributed by atoms with Crippen molar-refractivity contribution in [3.8, 4) is 0 Å². The summed E-state index contributed by atoms with van der Waals surface area (Å²) in [5.74, 6) is -0.406. The van der Waals surface area contributed by atoms with Gasteiger partial charge in [0.15, 0.2) is 0 Å². The molecule has 0 radical (unpaired) electrons. The summed E-state index contributed by atoms with van der Waals surface area (Å²) in [4.78, 5) is 24.5. The van der Waals surface area contributed by atoms with Gasteiger partial charge in [-0.3, -0.25) is 14.9 Å². The summed E-state index contributed by atoms with van der Waals surface area (Å²) in [7, 11) is 0. The lowest BCUT2D eigenvalue weighted by Crippen LogP contribution is -2.32. The Hall–Kier alpha value is -3.77. The van der Waals surface area contributed by atoms with Crippen LogP contribution in [-0.2, 0) is 0 Å². The van der Waals surface area contributed by atoms with Gasteiger partial charge in [-0.2, -0.15) is 5.10 Å². The predicted molar refractivity (Wildman–Crippen MR) is 133 cm³/mol. The largest absolute Gasteiger partial charge is 0.276 e. The van der Waals surface area contributed by atoms with Crippen LogP contribution in [0.4, 0.5) is 5.69 Å². The highest BCUT2D eigenvalue weighted by Gasteiger charge is 2.44. The number of nitro benzene ring substituents is 1. The first-order valence-corrected chi connectivity index (χ1v) is 11.6. The molecule has 1 amide bonds. The summed E-state index contributed by atoms with van der Waals surface area (Å²) < 4.78 is 0. The molecule has 0 N–H and O–H groups in total. The summed E-state index contributed by atoms with van der Waals surface area (Å²) in [6.07, 6.45) is 4.91. The van der Waals surface area contributed by atoms with Gasteiger partial charge in [0.2, 0.25) is 0 Å². The summed E-state index contributed by atoms with van der Waals surface area (Å²) in [6.45, 7) is 0. The molecule has 5 rings (SSSR count). The van der Waals surface area contributed by atoms with E-state index in [1.165, 1.54) is 23.2 Å². The first-order chi connectivity index (χ1) is 16.5. The van der Waals surface area contributed by atoms with E-state index in [0.29, 0.717) is 0 Å². The van der Waals surface area contributed by atoms with Crippen LogP contribution < -0.4 is 0 Å². The number of carbonyl (C=O) groups is 1.